The molecule has 118 valence electrons. The molecule has 1 rings (SSSR count). The topological polar surface area (TPSA) is 84.6 Å². The van der Waals surface area contributed by atoms with Crippen molar-refractivity contribution >= 4 is 5.91 Å². The minimum atomic E-state index is -0.574. The van der Waals surface area contributed by atoms with E-state index in [-0.39, 0.29) is 11.7 Å². The van der Waals surface area contributed by atoms with Gasteiger partial charge in [-0.15, -0.1) is 0 Å². The maximum atomic E-state index is 11.8. The number of amides is 1. The largest absolute Gasteiger partial charge is 0.508 e. The van der Waals surface area contributed by atoms with Crippen LogP contribution in [0.4, 0.5) is 0 Å². The Balaban J connectivity index is 2.15. The standard InChI is InChI=1S/C16H26N2O3/c1-2-3-10-21-11-4-9-18-16(20)15(17)12-13-5-7-14(19)8-6-13/h5-8,15,19H,2-4,9-12,17H2,1H3,(H,18,20)/t15-/m1/s1. The number of unbranched alkanes of at least 4 members (excludes halogenated alkanes) is 1. The predicted octanol–water partition coefficient (Wildman–Crippen LogP) is 1.58. The van der Waals surface area contributed by atoms with Crippen LogP contribution in [0.25, 0.3) is 0 Å². The number of phenols is 1. The van der Waals surface area contributed by atoms with Gasteiger partial charge < -0.3 is 20.9 Å². The molecular weight excluding hydrogens is 268 g/mol. The summed E-state index contributed by atoms with van der Waals surface area (Å²) in [7, 11) is 0. The highest BCUT2D eigenvalue weighted by Gasteiger charge is 2.13. The fraction of sp³-hybridized carbons (Fsp3) is 0.562. The molecule has 0 spiro atoms. The van der Waals surface area contributed by atoms with Gasteiger partial charge in [0.25, 0.3) is 0 Å². The van der Waals surface area contributed by atoms with Gasteiger partial charge in [-0.1, -0.05) is 25.5 Å². The summed E-state index contributed by atoms with van der Waals surface area (Å²) in [6.07, 6.45) is 3.45. The Morgan fingerprint density at radius 2 is 1.95 bits per heavy atom. The fourth-order valence-corrected chi connectivity index (χ4v) is 1.84. The van der Waals surface area contributed by atoms with Crippen molar-refractivity contribution in [3.05, 3.63) is 29.8 Å². The van der Waals surface area contributed by atoms with Gasteiger partial charge in [0.2, 0.25) is 5.91 Å². The van der Waals surface area contributed by atoms with E-state index in [1.807, 2.05) is 0 Å². The Labute approximate surface area is 126 Å². The maximum absolute atomic E-state index is 11.8. The number of benzene rings is 1. The van der Waals surface area contributed by atoms with E-state index in [4.69, 9.17) is 10.5 Å². The number of ether oxygens (including phenoxy) is 1. The average Bonchev–Trinajstić information content (AvgIpc) is 2.48. The summed E-state index contributed by atoms with van der Waals surface area (Å²) in [4.78, 5) is 11.8. The number of hydrogen-bond donors (Lipinski definition) is 3. The van der Waals surface area contributed by atoms with Gasteiger partial charge in [-0.2, -0.15) is 0 Å². The minimum absolute atomic E-state index is 0.156. The number of hydrogen-bond acceptors (Lipinski definition) is 4. The molecule has 0 saturated heterocycles. The molecule has 4 N–H and O–H groups in total. The van der Waals surface area contributed by atoms with Crippen molar-refractivity contribution in [3.8, 4) is 5.75 Å². The van der Waals surface area contributed by atoms with Crippen LogP contribution in [0.15, 0.2) is 24.3 Å². The molecule has 0 unspecified atom stereocenters. The van der Waals surface area contributed by atoms with Gasteiger partial charge in [0, 0.05) is 19.8 Å². The zero-order valence-corrected chi connectivity index (χ0v) is 12.7. The molecule has 0 aromatic heterocycles. The van der Waals surface area contributed by atoms with E-state index in [0.717, 1.165) is 31.4 Å². The molecule has 0 bridgehead atoms. The smallest absolute Gasteiger partial charge is 0.237 e. The average molecular weight is 294 g/mol. The Morgan fingerprint density at radius 1 is 1.29 bits per heavy atom. The lowest BCUT2D eigenvalue weighted by molar-refractivity contribution is -0.122. The number of phenolic OH excluding ortho intramolecular Hbond substituents is 1. The number of nitrogens with two attached hydrogens (primary N) is 1. The van der Waals surface area contributed by atoms with E-state index in [2.05, 4.69) is 12.2 Å². The van der Waals surface area contributed by atoms with Crippen LogP contribution in [0, 0.1) is 0 Å². The summed E-state index contributed by atoms with van der Waals surface area (Å²) in [6, 6.07) is 6.14. The van der Waals surface area contributed by atoms with Crippen LogP contribution in [0.5, 0.6) is 5.75 Å². The van der Waals surface area contributed by atoms with Gasteiger partial charge in [0.05, 0.1) is 6.04 Å². The highest BCUT2D eigenvalue weighted by atomic mass is 16.5. The molecular formula is C16H26N2O3. The summed E-state index contributed by atoms with van der Waals surface area (Å²) in [5, 5.41) is 12.0. The van der Waals surface area contributed by atoms with Crippen molar-refractivity contribution in [2.75, 3.05) is 19.8 Å². The number of rotatable bonds is 10. The van der Waals surface area contributed by atoms with Crippen molar-refractivity contribution in [1.29, 1.82) is 0 Å². The monoisotopic (exact) mass is 294 g/mol. The highest BCUT2D eigenvalue weighted by Crippen LogP contribution is 2.10. The van der Waals surface area contributed by atoms with Crippen LogP contribution in [0.1, 0.15) is 31.7 Å². The molecule has 0 aliphatic carbocycles. The van der Waals surface area contributed by atoms with Gasteiger partial charge in [-0.3, -0.25) is 4.79 Å². The second kappa shape index (κ2) is 10.2. The van der Waals surface area contributed by atoms with Crippen LogP contribution in [-0.4, -0.2) is 36.8 Å². The Hall–Kier alpha value is -1.59. The van der Waals surface area contributed by atoms with E-state index in [1.54, 1.807) is 24.3 Å². The van der Waals surface area contributed by atoms with Crippen LogP contribution >= 0.6 is 0 Å². The number of carbonyl (C=O) groups is 1. The minimum Gasteiger partial charge on any atom is -0.508 e. The van der Waals surface area contributed by atoms with Crippen molar-refractivity contribution < 1.29 is 14.6 Å². The molecule has 1 aromatic rings. The van der Waals surface area contributed by atoms with Gasteiger partial charge in [-0.05, 0) is 37.0 Å². The second-order valence-corrected chi connectivity index (χ2v) is 5.09. The Bertz CT molecular complexity index is 406. The lowest BCUT2D eigenvalue weighted by Gasteiger charge is -2.12. The molecule has 0 radical (unpaired) electrons. The zero-order chi connectivity index (χ0) is 15.5. The third-order valence-electron chi connectivity index (χ3n) is 3.14. The molecule has 1 amide bonds. The SMILES string of the molecule is CCCCOCCCNC(=O)[C@H](N)Cc1ccc(O)cc1. The lowest BCUT2D eigenvalue weighted by Crippen LogP contribution is -2.42. The zero-order valence-electron chi connectivity index (χ0n) is 12.7. The van der Waals surface area contributed by atoms with E-state index < -0.39 is 6.04 Å². The third-order valence-corrected chi connectivity index (χ3v) is 3.14. The third kappa shape index (κ3) is 7.68. The maximum Gasteiger partial charge on any atom is 0.237 e. The van der Waals surface area contributed by atoms with E-state index in [0.29, 0.717) is 19.6 Å². The summed E-state index contributed by atoms with van der Waals surface area (Å²) >= 11 is 0. The molecule has 5 heteroatoms. The van der Waals surface area contributed by atoms with Gasteiger partial charge in [-0.25, -0.2) is 0 Å². The molecule has 5 nitrogen and oxygen atoms in total. The van der Waals surface area contributed by atoms with Crippen molar-refractivity contribution in [2.24, 2.45) is 5.73 Å². The summed E-state index contributed by atoms with van der Waals surface area (Å²) in [6.45, 7) is 4.14. The first-order valence-corrected chi connectivity index (χ1v) is 7.52. The Kier molecular flexibility index (Phi) is 8.47. The molecule has 1 aromatic carbocycles. The molecule has 1 atom stereocenters. The van der Waals surface area contributed by atoms with E-state index in [9.17, 15) is 9.90 Å². The van der Waals surface area contributed by atoms with E-state index in [1.165, 1.54) is 0 Å². The van der Waals surface area contributed by atoms with Gasteiger partial charge in [0.1, 0.15) is 5.75 Å². The van der Waals surface area contributed by atoms with Crippen LogP contribution in [-0.2, 0) is 16.0 Å². The number of carbonyl (C=O) groups excluding carboxylic acids is 1. The van der Waals surface area contributed by atoms with Crippen molar-refractivity contribution in [1.82, 2.24) is 5.32 Å². The predicted molar refractivity (Wildman–Crippen MR) is 83.1 cm³/mol. The normalized spacial score (nSPS) is 12.1. The second-order valence-electron chi connectivity index (χ2n) is 5.09. The number of aromatic hydroxyl groups is 1. The van der Waals surface area contributed by atoms with Crippen LogP contribution < -0.4 is 11.1 Å². The molecule has 0 aliphatic rings. The van der Waals surface area contributed by atoms with Crippen LogP contribution in [0.3, 0.4) is 0 Å². The first kappa shape index (κ1) is 17.5. The quantitative estimate of drug-likeness (QED) is 0.572. The molecule has 0 fully saturated rings. The summed E-state index contributed by atoms with van der Waals surface area (Å²) in [5.74, 6) is 0.0523. The molecule has 0 aliphatic heterocycles. The summed E-state index contributed by atoms with van der Waals surface area (Å²) < 4.78 is 5.42. The van der Waals surface area contributed by atoms with Gasteiger partial charge in [0.15, 0.2) is 0 Å². The highest BCUT2D eigenvalue weighted by molar-refractivity contribution is 5.81. The fourth-order valence-electron chi connectivity index (χ4n) is 1.84. The molecule has 21 heavy (non-hydrogen) atoms. The molecule has 0 heterocycles. The lowest BCUT2D eigenvalue weighted by atomic mass is 10.1. The van der Waals surface area contributed by atoms with Crippen molar-refractivity contribution in [2.45, 2.75) is 38.6 Å². The summed E-state index contributed by atoms with van der Waals surface area (Å²) in [5.41, 5.74) is 6.79. The number of nitrogens with one attached hydrogen (secondary N) is 1. The molecule has 0 saturated carbocycles. The van der Waals surface area contributed by atoms with E-state index >= 15 is 0 Å². The first-order valence-electron chi connectivity index (χ1n) is 7.52. The van der Waals surface area contributed by atoms with Crippen molar-refractivity contribution in [3.63, 3.8) is 0 Å². The van der Waals surface area contributed by atoms with Crippen LogP contribution in [0.2, 0.25) is 0 Å². The Morgan fingerprint density at radius 3 is 2.62 bits per heavy atom. The van der Waals surface area contributed by atoms with Gasteiger partial charge >= 0.3 is 0 Å². The first-order chi connectivity index (χ1) is 10.1.